The van der Waals surface area contributed by atoms with Crippen LogP contribution in [0.4, 0.5) is 15.9 Å². The Kier molecular flexibility index (Phi) is 5.45. The van der Waals surface area contributed by atoms with Gasteiger partial charge in [-0.2, -0.15) is 4.98 Å². The summed E-state index contributed by atoms with van der Waals surface area (Å²) in [4.78, 5) is 23.5. The Hall–Kier alpha value is -3.52. The molecule has 1 amide bonds. The maximum absolute atomic E-state index is 13.4. The molecule has 2 aromatic carbocycles. The fourth-order valence-corrected chi connectivity index (χ4v) is 4.15. The minimum Gasteiger partial charge on any atom is -0.356 e. The van der Waals surface area contributed by atoms with Gasteiger partial charge in [0.05, 0.1) is 10.7 Å². The number of hydrogen-bond acceptors (Lipinski definition) is 6. The van der Waals surface area contributed by atoms with Crippen molar-refractivity contribution in [2.24, 2.45) is 5.92 Å². The lowest BCUT2D eigenvalue weighted by molar-refractivity contribution is -0.120. The average molecular weight is 452 g/mol. The molecule has 0 unspecified atom stereocenters. The largest absolute Gasteiger partial charge is 0.356 e. The zero-order valence-corrected chi connectivity index (χ0v) is 17.7. The van der Waals surface area contributed by atoms with E-state index in [4.69, 9.17) is 16.1 Å². The first-order valence-corrected chi connectivity index (χ1v) is 10.6. The van der Waals surface area contributed by atoms with Gasteiger partial charge >= 0.3 is 0 Å². The minimum atomic E-state index is -0.324. The van der Waals surface area contributed by atoms with E-state index in [9.17, 15) is 9.18 Å². The van der Waals surface area contributed by atoms with E-state index in [0.29, 0.717) is 59.3 Å². The smallest absolute Gasteiger partial charge is 0.263 e. The normalized spacial score (nSPS) is 14.6. The molecule has 0 radical (unpaired) electrons. The molecule has 0 saturated carbocycles. The van der Waals surface area contributed by atoms with Gasteiger partial charge in [-0.05, 0) is 49.2 Å². The number of amides is 1. The molecule has 32 heavy (non-hydrogen) atoms. The molecule has 3 heterocycles. The van der Waals surface area contributed by atoms with E-state index in [2.05, 4.69) is 25.3 Å². The van der Waals surface area contributed by atoms with Crippen LogP contribution in [0.15, 0.2) is 59.4 Å². The second-order valence-corrected chi connectivity index (χ2v) is 8.05. The Labute approximate surface area is 188 Å². The van der Waals surface area contributed by atoms with Crippen LogP contribution < -0.4 is 10.2 Å². The number of hydrogen-bond donors (Lipinski definition) is 1. The van der Waals surface area contributed by atoms with Gasteiger partial charge in [-0.1, -0.05) is 28.9 Å². The van der Waals surface area contributed by atoms with Crippen molar-refractivity contribution < 1.29 is 13.7 Å². The number of carbonyl (C=O) groups is 1. The van der Waals surface area contributed by atoms with E-state index in [1.807, 2.05) is 12.1 Å². The number of carbonyl (C=O) groups excluding carboxylic acids is 1. The number of anilines is 2. The molecule has 1 fully saturated rings. The molecule has 0 spiro atoms. The predicted molar refractivity (Wildman–Crippen MR) is 120 cm³/mol. The van der Waals surface area contributed by atoms with Crippen LogP contribution >= 0.6 is 11.6 Å². The van der Waals surface area contributed by atoms with Gasteiger partial charge in [0, 0.05) is 24.6 Å². The van der Waals surface area contributed by atoms with Crippen LogP contribution in [0.5, 0.6) is 0 Å². The van der Waals surface area contributed by atoms with Gasteiger partial charge in [0.2, 0.25) is 5.91 Å². The molecule has 1 aliphatic heterocycles. The van der Waals surface area contributed by atoms with Crippen molar-refractivity contribution in [3.63, 3.8) is 0 Å². The first kappa shape index (κ1) is 20.4. The molecule has 5 rings (SSSR count). The molecule has 7 nitrogen and oxygen atoms in total. The van der Waals surface area contributed by atoms with E-state index < -0.39 is 0 Å². The van der Waals surface area contributed by atoms with E-state index in [1.165, 1.54) is 18.5 Å². The minimum absolute atomic E-state index is 0.0393. The van der Waals surface area contributed by atoms with Gasteiger partial charge in [-0.15, -0.1) is 0 Å². The SMILES string of the molecule is O=C(Nc1ccccc1Cl)C1CCN(c2ncnc3onc(-c4ccc(F)cc4)c23)CC1. The molecule has 0 aliphatic carbocycles. The van der Waals surface area contributed by atoms with E-state index >= 15 is 0 Å². The fourth-order valence-electron chi connectivity index (χ4n) is 3.97. The summed E-state index contributed by atoms with van der Waals surface area (Å²) in [6.07, 6.45) is 2.77. The van der Waals surface area contributed by atoms with Crippen LogP contribution in [-0.2, 0) is 4.79 Å². The number of fused-ring (bicyclic) bond motifs is 1. The van der Waals surface area contributed by atoms with Crippen molar-refractivity contribution in [2.75, 3.05) is 23.3 Å². The van der Waals surface area contributed by atoms with Crippen LogP contribution in [0, 0.1) is 11.7 Å². The molecular weight excluding hydrogens is 433 g/mol. The molecule has 2 aromatic heterocycles. The fraction of sp³-hybridized carbons (Fsp3) is 0.217. The zero-order valence-electron chi connectivity index (χ0n) is 17.0. The van der Waals surface area contributed by atoms with Gasteiger partial charge in [0.15, 0.2) is 0 Å². The Morgan fingerprint density at radius 1 is 1.09 bits per heavy atom. The Bertz CT molecular complexity index is 1270. The summed E-state index contributed by atoms with van der Waals surface area (Å²) < 4.78 is 18.8. The molecule has 0 atom stereocenters. The maximum Gasteiger partial charge on any atom is 0.263 e. The summed E-state index contributed by atoms with van der Waals surface area (Å²) in [7, 11) is 0. The number of halogens is 2. The van der Waals surface area contributed by atoms with Crippen LogP contribution in [0.3, 0.4) is 0 Å². The molecule has 162 valence electrons. The van der Waals surface area contributed by atoms with E-state index in [0.717, 1.165) is 5.56 Å². The molecule has 1 N–H and O–H groups in total. The van der Waals surface area contributed by atoms with Crippen LogP contribution in [0.1, 0.15) is 12.8 Å². The molecule has 0 bridgehead atoms. The highest BCUT2D eigenvalue weighted by molar-refractivity contribution is 6.33. The van der Waals surface area contributed by atoms with Crippen molar-refractivity contribution in [1.82, 2.24) is 15.1 Å². The molecule has 1 aliphatic rings. The molecule has 4 aromatic rings. The highest BCUT2D eigenvalue weighted by Gasteiger charge is 2.28. The number of aromatic nitrogens is 3. The zero-order chi connectivity index (χ0) is 22.1. The molecular formula is C23H19ClFN5O2. The molecule has 9 heteroatoms. The van der Waals surface area contributed by atoms with Gasteiger partial charge in [-0.3, -0.25) is 4.79 Å². The van der Waals surface area contributed by atoms with Crippen molar-refractivity contribution in [3.05, 3.63) is 65.7 Å². The quantitative estimate of drug-likeness (QED) is 0.473. The van der Waals surface area contributed by atoms with Crippen molar-refractivity contribution >= 4 is 40.1 Å². The predicted octanol–water partition coefficient (Wildman–Crippen LogP) is 4.93. The number of benzene rings is 2. The first-order valence-electron chi connectivity index (χ1n) is 10.3. The van der Waals surface area contributed by atoms with Crippen molar-refractivity contribution in [1.29, 1.82) is 0 Å². The van der Waals surface area contributed by atoms with Crippen LogP contribution in [0.25, 0.3) is 22.4 Å². The Morgan fingerprint density at radius 2 is 1.84 bits per heavy atom. The van der Waals surface area contributed by atoms with Gasteiger partial charge in [0.25, 0.3) is 5.71 Å². The third-order valence-corrected chi connectivity index (χ3v) is 6.00. The third kappa shape index (κ3) is 3.89. The summed E-state index contributed by atoms with van der Waals surface area (Å²) in [5, 5.41) is 8.27. The topological polar surface area (TPSA) is 84.2 Å². The first-order chi connectivity index (χ1) is 15.6. The van der Waals surface area contributed by atoms with E-state index in [-0.39, 0.29) is 17.6 Å². The van der Waals surface area contributed by atoms with Gasteiger partial charge < -0.3 is 14.7 Å². The summed E-state index contributed by atoms with van der Waals surface area (Å²) >= 11 is 6.16. The van der Waals surface area contributed by atoms with Crippen LogP contribution in [-0.4, -0.2) is 34.1 Å². The lowest BCUT2D eigenvalue weighted by Gasteiger charge is -2.32. The maximum atomic E-state index is 13.4. The van der Waals surface area contributed by atoms with Gasteiger partial charge in [0.1, 0.15) is 29.0 Å². The number of para-hydroxylation sites is 1. The number of piperidine rings is 1. The number of nitrogens with one attached hydrogen (secondary N) is 1. The summed E-state index contributed by atoms with van der Waals surface area (Å²) in [5.41, 5.74) is 2.27. The number of nitrogens with zero attached hydrogens (tertiary/aromatic N) is 4. The monoisotopic (exact) mass is 451 g/mol. The summed E-state index contributed by atoms with van der Waals surface area (Å²) in [5.74, 6) is 0.206. The molecule has 1 saturated heterocycles. The Balaban J connectivity index is 1.35. The second kappa shape index (κ2) is 8.55. The van der Waals surface area contributed by atoms with Crippen molar-refractivity contribution in [2.45, 2.75) is 12.8 Å². The van der Waals surface area contributed by atoms with E-state index in [1.54, 1.807) is 24.3 Å². The Morgan fingerprint density at radius 3 is 2.59 bits per heavy atom. The number of rotatable bonds is 4. The highest BCUT2D eigenvalue weighted by atomic mass is 35.5. The second-order valence-electron chi connectivity index (χ2n) is 7.65. The van der Waals surface area contributed by atoms with Gasteiger partial charge in [-0.25, -0.2) is 9.37 Å². The summed E-state index contributed by atoms with van der Waals surface area (Å²) in [6, 6.07) is 13.2. The lowest BCUT2D eigenvalue weighted by atomic mass is 9.95. The average Bonchev–Trinajstić information content (AvgIpc) is 3.25. The van der Waals surface area contributed by atoms with Crippen molar-refractivity contribution in [3.8, 4) is 11.3 Å². The van der Waals surface area contributed by atoms with Crippen LogP contribution in [0.2, 0.25) is 5.02 Å². The third-order valence-electron chi connectivity index (χ3n) is 5.67. The standard InChI is InChI=1S/C23H19ClFN5O2/c24-17-3-1-2-4-18(17)28-22(31)15-9-11-30(12-10-15)21-19-20(14-5-7-16(25)8-6-14)29-32-23(19)27-13-26-21/h1-8,13,15H,9-12H2,(H,28,31). The highest BCUT2D eigenvalue weighted by Crippen LogP contribution is 2.35. The lowest BCUT2D eigenvalue weighted by Crippen LogP contribution is -2.38. The summed E-state index contributed by atoms with van der Waals surface area (Å²) in [6.45, 7) is 1.28.